The molecule has 7 heteroatoms. The molecule has 2 rings (SSSR count). The Balaban J connectivity index is 1.94. The molecule has 0 unspecified atom stereocenters. The zero-order valence-corrected chi connectivity index (χ0v) is 15.9. The van der Waals surface area contributed by atoms with E-state index in [1.54, 1.807) is 26.4 Å². The van der Waals surface area contributed by atoms with E-state index < -0.39 is 0 Å². The van der Waals surface area contributed by atoms with Crippen molar-refractivity contribution in [2.45, 2.75) is 26.3 Å². The van der Waals surface area contributed by atoms with E-state index in [9.17, 15) is 4.79 Å². The standard InChI is InChI=1S/C20H26N4O3/c1-4-5-19(25)23-15-8-6-14(7-9-15)13-22-20(21)24-16-10-11-17(26-2)18(12-16)27-3/h6-12H,4-5,13H2,1-3H3,(H,23,25)(H3,21,22,24). The Kier molecular flexibility index (Phi) is 7.49. The van der Waals surface area contributed by atoms with Gasteiger partial charge in [-0.1, -0.05) is 19.1 Å². The quantitative estimate of drug-likeness (QED) is 0.489. The molecule has 1 amide bonds. The maximum absolute atomic E-state index is 11.6. The summed E-state index contributed by atoms with van der Waals surface area (Å²) in [6, 6.07) is 12.9. The highest BCUT2D eigenvalue weighted by atomic mass is 16.5. The molecule has 0 aliphatic heterocycles. The van der Waals surface area contributed by atoms with Crippen molar-refractivity contribution in [2.24, 2.45) is 10.7 Å². The van der Waals surface area contributed by atoms with Gasteiger partial charge >= 0.3 is 0 Å². The van der Waals surface area contributed by atoms with E-state index in [0.717, 1.165) is 23.4 Å². The van der Waals surface area contributed by atoms with Crippen molar-refractivity contribution in [3.05, 3.63) is 48.0 Å². The van der Waals surface area contributed by atoms with Crippen LogP contribution in [0.15, 0.2) is 47.5 Å². The molecule has 0 aromatic heterocycles. The molecule has 7 nitrogen and oxygen atoms in total. The van der Waals surface area contributed by atoms with Crippen LogP contribution in [0, 0.1) is 0 Å². The normalized spacial score (nSPS) is 11.0. The van der Waals surface area contributed by atoms with E-state index in [4.69, 9.17) is 15.2 Å². The van der Waals surface area contributed by atoms with Crippen LogP contribution in [0.2, 0.25) is 0 Å². The number of anilines is 2. The van der Waals surface area contributed by atoms with Crippen LogP contribution in [-0.4, -0.2) is 26.1 Å². The molecule has 2 aromatic carbocycles. The van der Waals surface area contributed by atoms with Gasteiger partial charge in [-0.3, -0.25) is 4.79 Å². The summed E-state index contributed by atoms with van der Waals surface area (Å²) < 4.78 is 10.5. The number of carbonyl (C=O) groups excluding carboxylic acids is 1. The summed E-state index contributed by atoms with van der Waals surface area (Å²) in [7, 11) is 3.16. The predicted octanol–water partition coefficient (Wildman–Crippen LogP) is 3.37. The van der Waals surface area contributed by atoms with Crippen molar-refractivity contribution in [1.29, 1.82) is 0 Å². The Morgan fingerprint density at radius 1 is 1.00 bits per heavy atom. The van der Waals surface area contributed by atoms with Crippen LogP contribution in [0.25, 0.3) is 0 Å². The van der Waals surface area contributed by atoms with E-state index in [0.29, 0.717) is 30.4 Å². The summed E-state index contributed by atoms with van der Waals surface area (Å²) in [4.78, 5) is 15.9. The van der Waals surface area contributed by atoms with E-state index in [1.165, 1.54) is 0 Å². The third-order valence-electron chi connectivity index (χ3n) is 3.80. The van der Waals surface area contributed by atoms with Crippen molar-refractivity contribution >= 4 is 23.2 Å². The van der Waals surface area contributed by atoms with Crippen molar-refractivity contribution < 1.29 is 14.3 Å². The maximum Gasteiger partial charge on any atom is 0.224 e. The van der Waals surface area contributed by atoms with Crippen LogP contribution in [-0.2, 0) is 11.3 Å². The summed E-state index contributed by atoms with van der Waals surface area (Å²) in [5, 5.41) is 5.88. The molecule has 0 saturated carbocycles. The van der Waals surface area contributed by atoms with Crippen molar-refractivity contribution in [1.82, 2.24) is 0 Å². The van der Waals surface area contributed by atoms with Gasteiger partial charge < -0.3 is 25.8 Å². The minimum atomic E-state index is 0.0200. The lowest BCUT2D eigenvalue weighted by atomic mass is 10.2. The van der Waals surface area contributed by atoms with Gasteiger partial charge in [-0.15, -0.1) is 0 Å². The van der Waals surface area contributed by atoms with Gasteiger partial charge in [0.25, 0.3) is 0 Å². The molecule has 2 aromatic rings. The first-order chi connectivity index (χ1) is 13.0. The third kappa shape index (κ3) is 6.22. The molecule has 0 aliphatic carbocycles. The predicted molar refractivity (Wildman–Crippen MR) is 108 cm³/mol. The number of benzene rings is 2. The Morgan fingerprint density at radius 3 is 2.30 bits per heavy atom. The number of nitrogens with one attached hydrogen (secondary N) is 2. The SMILES string of the molecule is CCCC(=O)Nc1ccc(CN=C(N)Nc2ccc(OC)c(OC)c2)cc1. The summed E-state index contributed by atoms with van der Waals surface area (Å²) >= 11 is 0. The van der Waals surface area contributed by atoms with Crippen LogP contribution in [0.4, 0.5) is 11.4 Å². The maximum atomic E-state index is 11.6. The number of nitrogens with two attached hydrogens (primary N) is 1. The van der Waals surface area contributed by atoms with Crippen molar-refractivity contribution in [3.63, 3.8) is 0 Å². The van der Waals surface area contributed by atoms with E-state index in [2.05, 4.69) is 15.6 Å². The van der Waals surface area contributed by atoms with Crippen molar-refractivity contribution in [2.75, 3.05) is 24.9 Å². The first kappa shape index (κ1) is 20.1. The molecule has 0 saturated heterocycles. The number of nitrogens with zero attached hydrogens (tertiary/aromatic N) is 1. The molecule has 0 bridgehead atoms. The molecular formula is C20H26N4O3. The highest BCUT2D eigenvalue weighted by Gasteiger charge is 2.05. The smallest absolute Gasteiger partial charge is 0.224 e. The summed E-state index contributed by atoms with van der Waals surface area (Å²) in [6.45, 7) is 2.40. The Labute approximate surface area is 159 Å². The van der Waals surface area contributed by atoms with Gasteiger partial charge in [0.2, 0.25) is 5.91 Å². The number of ether oxygens (including phenoxy) is 2. The number of hydrogen-bond donors (Lipinski definition) is 3. The molecule has 4 N–H and O–H groups in total. The topological polar surface area (TPSA) is 98.0 Å². The van der Waals surface area contributed by atoms with Gasteiger partial charge in [-0.25, -0.2) is 4.99 Å². The Morgan fingerprint density at radius 2 is 1.67 bits per heavy atom. The average molecular weight is 370 g/mol. The Hall–Kier alpha value is -3.22. The highest BCUT2D eigenvalue weighted by molar-refractivity contribution is 5.92. The van der Waals surface area contributed by atoms with Gasteiger partial charge in [0.15, 0.2) is 17.5 Å². The van der Waals surface area contributed by atoms with E-state index in [-0.39, 0.29) is 5.91 Å². The largest absolute Gasteiger partial charge is 0.493 e. The molecular weight excluding hydrogens is 344 g/mol. The van der Waals surface area contributed by atoms with Crippen LogP contribution in [0.1, 0.15) is 25.3 Å². The van der Waals surface area contributed by atoms with Gasteiger partial charge in [0.05, 0.1) is 20.8 Å². The lowest BCUT2D eigenvalue weighted by molar-refractivity contribution is -0.116. The minimum absolute atomic E-state index is 0.0200. The number of guanidine groups is 1. The number of rotatable bonds is 8. The lowest BCUT2D eigenvalue weighted by Gasteiger charge is -2.11. The zero-order valence-electron chi connectivity index (χ0n) is 15.9. The second-order valence-corrected chi connectivity index (χ2v) is 5.89. The number of methoxy groups -OCH3 is 2. The van der Waals surface area contributed by atoms with E-state index in [1.807, 2.05) is 37.3 Å². The second kappa shape index (κ2) is 10.1. The molecule has 0 fully saturated rings. The fourth-order valence-corrected chi connectivity index (χ4v) is 2.42. The third-order valence-corrected chi connectivity index (χ3v) is 3.80. The van der Waals surface area contributed by atoms with Crippen LogP contribution < -0.4 is 25.8 Å². The summed E-state index contributed by atoms with van der Waals surface area (Å²) in [6.07, 6.45) is 1.34. The van der Waals surface area contributed by atoms with Crippen LogP contribution >= 0.6 is 0 Å². The average Bonchev–Trinajstić information content (AvgIpc) is 2.67. The molecule has 144 valence electrons. The molecule has 0 radical (unpaired) electrons. The highest BCUT2D eigenvalue weighted by Crippen LogP contribution is 2.29. The van der Waals surface area contributed by atoms with Gasteiger partial charge in [0.1, 0.15) is 0 Å². The number of amides is 1. The molecule has 0 atom stereocenters. The summed E-state index contributed by atoms with van der Waals surface area (Å²) in [5.74, 6) is 1.56. The van der Waals surface area contributed by atoms with Crippen LogP contribution in [0.5, 0.6) is 11.5 Å². The monoisotopic (exact) mass is 370 g/mol. The van der Waals surface area contributed by atoms with Gasteiger partial charge in [-0.2, -0.15) is 0 Å². The van der Waals surface area contributed by atoms with Gasteiger partial charge in [0, 0.05) is 23.9 Å². The first-order valence-electron chi connectivity index (χ1n) is 8.73. The fraction of sp³-hybridized carbons (Fsp3) is 0.300. The lowest BCUT2D eigenvalue weighted by Crippen LogP contribution is -2.22. The second-order valence-electron chi connectivity index (χ2n) is 5.89. The zero-order chi connectivity index (χ0) is 19.6. The fourth-order valence-electron chi connectivity index (χ4n) is 2.42. The number of aliphatic imine (C=N–C) groups is 1. The van der Waals surface area contributed by atoms with Crippen molar-refractivity contribution in [3.8, 4) is 11.5 Å². The molecule has 0 spiro atoms. The molecule has 27 heavy (non-hydrogen) atoms. The van der Waals surface area contributed by atoms with Crippen LogP contribution in [0.3, 0.4) is 0 Å². The molecule has 0 heterocycles. The minimum Gasteiger partial charge on any atom is -0.493 e. The molecule has 0 aliphatic rings. The van der Waals surface area contributed by atoms with E-state index >= 15 is 0 Å². The number of hydrogen-bond acceptors (Lipinski definition) is 4. The first-order valence-corrected chi connectivity index (χ1v) is 8.73. The number of carbonyl (C=O) groups is 1. The summed E-state index contributed by atoms with van der Waals surface area (Å²) in [5.41, 5.74) is 8.47. The van der Waals surface area contributed by atoms with Gasteiger partial charge in [-0.05, 0) is 36.2 Å². The Bertz CT molecular complexity index is 788.